The van der Waals surface area contributed by atoms with Crippen molar-refractivity contribution in [2.24, 2.45) is 0 Å². The van der Waals surface area contributed by atoms with Crippen LogP contribution in [0.3, 0.4) is 0 Å². The van der Waals surface area contributed by atoms with Crippen LogP contribution in [0, 0.1) is 0 Å². The number of fused-ring (bicyclic) bond motifs is 1. The summed E-state index contributed by atoms with van der Waals surface area (Å²) in [6.07, 6.45) is 1.48. The molecule has 3 heterocycles. The highest BCUT2D eigenvalue weighted by Gasteiger charge is 2.47. The van der Waals surface area contributed by atoms with Crippen LogP contribution in [-0.2, 0) is 20.9 Å². The summed E-state index contributed by atoms with van der Waals surface area (Å²) >= 11 is 0. The third-order valence-corrected chi connectivity index (χ3v) is 7.52. The Bertz CT molecular complexity index is 1480. The van der Waals surface area contributed by atoms with E-state index in [1.807, 2.05) is 30.3 Å². The molecule has 6 rings (SSSR count). The molecule has 2 unspecified atom stereocenters. The number of aliphatic hydroxyl groups is 1. The van der Waals surface area contributed by atoms with E-state index < -0.39 is 17.7 Å². The van der Waals surface area contributed by atoms with Crippen LogP contribution in [0.4, 0.5) is 0 Å². The van der Waals surface area contributed by atoms with Crippen molar-refractivity contribution in [3.63, 3.8) is 0 Å². The number of benzene rings is 3. The molecule has 0 aliphatic carbocycles. The van der Waals surface area contributed by atoms with E-state index in [1.54, 1.807) is 36.4 Å². The van der Waals surface area contributed by atoms with Gasteiger partial charge in [-0.2, -0.15) is 0 Å². The van der Waals surface area contributed by atoms with Crippen LogP contribution in [-0.4, -0.2) is 61.3 Å². The number of hydrogen-bond donors (Lipinski definition) is 1. The Hall–Kier alpha value is -4.50. The van der Waals surface area contributed by atoms with Gasteiger partial charge < -0.3 is 33.7 Å². The van der Waals surface area contributed by atoms with E-state index in [0.29, 0.717) is 60.6 Å². The van der Waals surface area contributed by atoms with Gasteiger partial charge in [0, 0.05) is 18.7 Å². The number of amides is 1. The molecule has 2 fully saturated rings. The van der Waals surface area contributed by atoms with Gasteiger partial charge in [0.2, 0.25) is 0 Å². The number of ketones is 1. The molecule has 2 saturated heterocycles. The van der Waals surface area contributed by atoms with Gasteiger partial charge in [0.15, 0.2) is 23.0 Å². The Morgan fingerprint density at radius 3 is 2.51 bits per heavy atom. The summed E-state index contributed by atoms with van der Waals surface area (Å²) in [7, 11) is 1.53. The van der Waals surface area contributed by atoms with E-state index in [1.165, 1.54) is 12.0 Å². The Balaban J connectivity index is 1.39. The summed E-state index contributed by atoms with van der Waals surface area (Å²) in [6, 6.07) is 19.2. The van der Waals surface area contributed by atoms with Gasteiger partial charge in [-0.3, -0.25) is 9.59 Å². The van der Waals surface area contributed by atoms with E-state index >= 15 is 0 Å². The smallest absolute Gasteiger partial charge is 0.295 e. The highest BCUT2D eigenvalue weighted by atomic mass is 16.6. The lowest BCUT2D eigenvalue weighted by Gasteiger charge is -2.28. The predicted molar refractivity (Wildman–Crippen MR) is 149 cm³/mol. The standard InChI is InChI=1S/C32H31NO8/c1-37-26-16-21(9-11-24(26)41-19-20-6-3-2-4-7-20)29-28(31(35)32(36)33(29)18-23-8-5-13-38-23)30(34)22-10-12-25-27(17-22)40-15-14-39-25/h2-4,6-7,9-12,16-17,23,29,34H,5,8,13-15,18-19H2,1H3/b30-28+. The molecule has 0 saturated carbocycles. The Labute approximate surface area is 237 Å². The van der Waals surface area contributed by atoms with Crippen LogP contribution >= 0.6 is 0 Å². The van der Waals surface area contributed by atoms with Crippen molar-refractivity contribution in [1.82, 2.24) is 4.90 Å². The van der Waals surface area contributed by atoms with E-state index in [-0.39, 0.29) is 24.0 Å². The molecular formula is C32H31NO8. The molecule has 3 aromatic carbocycles. The van der Waals surface area contributed by atoms with Crippen LogP contribution in [0.1, 0.15) is 35.6 Å². The van der Waals surface area contributed by atoms with E-state index in [0.717, 1.165) is 18.4 Å². The summed E-state index contributed by atoms with van der Waals surface area (Å²) in [6.45, 7) is 1.98. The average molecular weight is 558 g/mol. The summed E-state index contributed by atoms with van der Waals surface area (Å²) < 4.78 is 28.8. The summed E-state index contributed by atoms with van der Waals surface area (Å²) in [5.74, 6) is 0.245. The fraction of sp³-hybridized carbons (Fsp3) is 0.312. The van der Waals surface area contributed by atoms with Gasteiger partial charge in [-0.1, -0.05) is 36.4 Å². The zero-order chi connectivity index (χ0) is 28.3. The molecule has 3 aliphatic heterocycles. The zero-order valence-electron chi connectivity index (χ0n) is 22.7. The Kier molecular flexibility index (Phi) is 7.52. The number of hydrogen-bond acceptors (Lipinski definition) is 8. The lowest BCUT2D eigenvalue weighted by Crippen LogP contribution is -2.36. The van der Waals surface area contributed by atoms with Crippen LogP contribution in [0.5, 0.6) is 23.0 Å². The molecule has 0 radical (unpaired) electrons. The first-order valence-corrected chi connectivity index (χ1v) is 13.7. The number of aliphatic hydroxyl groups excluding tert-OH is 1. The molecule has 0 spiro atoms. The molecule has 1 N–H and O–H groups in total. The molecule has 41 heavy (non-hydrogen) atoms. The third-order valence-electron chi connectivity index (χ3n) is 7.52. The predicted octanol–water partition coefficient (Wildman–Crippen LogP) is 4.65. The van der Waals surface area contributed by atoms with Crippen LogP contribution in [0.2, 0.25) is 0 Å². The summed E-state index contributed by atoms with van der Waals surface area (Å²) in [5, 5.41) is 11.5. The van der Waals surface area contributed by atoms with Crippen molar-refractivity contribution >= 4 is 17.4 Å². The average Bonchev–Trinajstić information content (AvgIpc) is 3.62. The maximum Gasteiger partial charge on any atom is 0.295 e. The molecule has 3 aromatic rings. The van der Waals surface area contributed by atoms with Crippen molar-refractivity contribution in [3.05, 3.63) is 89.0 Å². The van der Waals surface area contributed by atoms with Gasteiger partial charge >= 0.3 is 0 Å². The topological polar surface area (TPSA) is 104 Å². The van der Waals surface area contributed by atoms with Gasteiger partial charge in [-0.05, 0) is 54.3 Å². The molecular weight excluding hydrogens is 526 g/mol. The number of carbonyl (C=O) groups excluding carboxylic acids is 2. The first kappa shape index (κ1) is 26.7. The number of Topliss-reactive ketones (excluding diaryl/α,β-unsaturated/α-hetero) is 1. The number of nitrogens with zero attached hydrogens (tertiary/aromatic N) is 1. The van der Waals surface area contributed by atoms with E-state index in [2.05, 4.69) is 0 Å². The largest absolute Gasteiger partial charge is 0.507 e. The van der Waals surface area contributed by atoms with Crippen LogP contribution < -0.4 is 18.9 Å². The van der Waals surface area contributed by atoms with Gasteiger partial charge in [0.05, 0.1) is 24.8 Å². The number of methoxy groups -OCH3 is 1. The normalized spacial score (nSPS) is 21.2. The molecule has 3 aliphatic rings. The third kappa shape index (κ3) is 5.32. The van der Waals surface area contributed by atoms with Crippen LogP contribution in [0.25, 0.3) is 5.76 Å². The minimum absolute atomic E-state index is 0.00955. The second-order valence-corrected chi connectivity index (χ2v) is 10.1. The monoisotopic (exact) mass is 557 g/mol. The summed E-state index contributed by atoms with van der Waals surface area (Å²) in [4.78, 5) is 28.4. The molecule has 9 heteroatoms. The SMILES string of the molecule is COc1cc(C2/C(=C(\O)c3ccc4c(c3)OCCO4)C(=O)C(=O)N2CC2CCCO2)ccc1OCc1ccccc1. The highest BCUT2D eigenvalue weighted by molar-refractivity contribution is 6.46. The first-order chi connectivity index (χ1) is 20.0. The van der Waals surface area contributed by atoms with Gasteiger partial charge in [-0.25, -0.2) is 0 Å². The zero-order valence-corrected chi connectivity index (χ0v) is 22.7. The van der Waals surface area contributed by atoms with Gasteiger partial charge in [0.1, 0.15) is 25.6 Å². The highest BCUT2D eigenvalue weighted by Crippen LogP contribution is 2.43. The Morgan fingerprint density at radius 2 is 1.76 bits per heavy atom. The number of ether oxygens (including phenoxy) is 5. The van der Waals surface area contributed by atoms with Crippen LogP contribution in [0.15, 0.2) is 72.3 Å². The molecule has 0 bridgehead atoms. The van der Waals surface area contributed by atoms with Crippen molar-refractivity contribution in [2.45, 2.75) is 31.6 Å². The van der Waals surface area contributed by atoms with Crippen molar-refractivity contribution in [1.29, 1.82) is 0 Å². The fourth-order valence-corrected chi connectivity index (χ4v) is 5.48. The molecule has 212 valence electrons. The van der Waals surface area contributed by atoms with Crippen molar-refractivity contribution < 1.29 is 38.4 Å². The maximum atomic E-state index is 13.5. The maximum absolute atomic E-state index is 13.5. The number of rotatable bonds is 8. The second kappa shape index (κ2) is 11.5. The minimum Gasteiger partial charge on any atom is -0.507 e. The number of likely N-dealkylation sites (tertiary alicyclic amines) is 1. The lowest BCUT2D eigenvalue weighted by molar-refractivity contribution is -0.140. The van der Waals surface area contributed by atoms with Crippen molar-refractivity contribution in [2.75, 3.05) is 33.5 Å². The quantitative estimate of drug-likeness (QED) is 0.243. The van der Waals surface area contributed by atoms with Gasteiger partial charge in [-0.15, -0.1) is 0 Å². The summed E-state index contributed by atoms with van der Waals surface area (Å²) in [5.41, 5.74) is 1.95. The van der Waals surface area contributed by atoms with E-state index in [4.69, 9.17) is 23.7 Å². The lowest BCUT2D eigenvalue weighted by atomic mass is 9.94. The van der Waals surface area contributed by atoms with E-state index in [9.17, 15) is 14.7 Å². The van der Waals surface area contributed by atoms with Gasteiger partial charge in [0.25, 0.3) is 11.7 Å². The second-order valence-electron chi connectivity index (χ2n) is 10.1. The Morgan fingerprint density at radius 1 is 0.951 bits per heavy atom. The molecule has 1 amide bonds. The molecule has 9 nitrogen and oxygen atoms in total. The minimum atomic E-state index is -0.857. The number of carbonyl (C=O) groups is 2. The molecule has 0 aromatic heterocycles. The fourth-order valence-electron chi connectivity index (χ4n) is 5.48. The van der Waals surface area contributed by atoms with Crippen molar-refractivity contribution in [3.8, 4) is 23.0 Å². The first-order valence-electron chi connectivity index (χ1n) is 13.7. The molecule has 2 atom stereocenters.